The Morgan fingerprint density at radius 3 is 2.57 bits per heavy atom. The summed E-state index contributed by atoms with van der Waals surface area (Å²) in [6.45, 7) is 4.50. The lowest BCUT2D eigenvalue weighted by atomic mass is 9.71. The molecule has 0 amide bonds. The van der Waals surface area contributed by atoms with Gasteiger partial charge in [0.25, 0.3) is 0 Å². The minimum atomic E-state index is -0.815. The van der Waals surface area contributed by atoms with E-state index in [0.29, 0.717) is 5.69 Å². The smallest absolute Gasteiger partial charge is 0.160 e. The molecule has 0 aliphatic heterocycles. The monoisotopic (exact) mass is 287 g/mol. The predicted molar refractivity (Wildman–Crippen MR) is 81.4 cm³/mol. The van der Waals surface area contributed by atoms with E-state index >= 15 is 0 Å². The summed E-state index contributed by atoms with van der Waals surface area (Å²) in [6.07, 6.45) is 2.04. The number of nitrogens with one attached hydrogen (secondary N) is 1. The molecule has 1 unspecified atom stereocenters. The lowest BCUT2D eigenvalue weighted by molar-refractivity contribution is 0.406. The Hall–Kier alpha value is -1.90. The molecule has 0 radical (unpaired) electrons. The van der Waals surface area contributed by atoms with Gasteiger partial charge >= 0.3 is 0 Å². The van der Waals surface area contributed by atoms with Crippen molar-refractivity contribution in [2.75, 3.05) is 5.32 Å². The summed E-state index contributed by atoms with van der Waals surface area (Å²) in [5.41, 5.74) is 3.35. The van der Waals surface area contributed by atoms with Gasteiger partial charge in [-0.2, -0.15) is 0 Å². The lowest BCUT2D eigenvalue weighted by Gasteiger charge is -2.37. The molecule has 0 fully saturated rings. The average Bonchev–Trinajstić information content (AvgIpc) is 2.46. The van der Waals surface area contributed by atoms with E-state index in [1.807, 2.05) is 6.07 Å². The summed E-state index contributed by atoms with van der Waals surface area (Å²) in [4.78, 5) is 0. The van der Waals surface area contributed by atoms with Crippen molar-refractivity contribution in [3.63, 3.8) is 0 Å². The van der Waals surface area contributed by atoms with Crippen molar-refractivity contribution >= 4 is 5.69 Å². The van der Waals surface area contributed by atoms with Crippen LogP contribution in [0.5, 0.6) is 0 Å². The van der Waals surface area contributed by atoms with Gasteiger partial charge in [-0.25, -0.2) is 8.78 Å². The van der Waals surface area contributed by atoms with E-state index in [-0.39, 0.29) is 11.5 Å². The zero-order chi connectivity index (χ0) is 15.0. The number of fused-ring (bicyclic) bond motifs is 1. The molecule has 110 valence electrons. The van der Waals surface area contributed by atoms with Gasteiger partial charge in [-0.15, -0.1) is 0 Å². The van der Waals surface area contributed by atoms with Crippen molar-refractivity contribution < 1.29 is 8.78 Å². The maximum absolute atomic E-state index is 13.3. The van der Waals surface area contributed by atoms with Crippen LogP contribution in [0, 0.1) is 11.6 Å². The zero-order valence-corrected chi connectivity index (χ0v) is 12.3. The van der Waals surface area contributed by atoms with Crippen LogP contribution in [-0.4, -0.2) is 0 Å². The highest BCUT2D eigenvalue weighted by Crippen LogP contribution is 2.42. The SMILES string of the molecule is CC1(C)CCC(Nc2ccc(F)c(F)c2)c2ccccc21. The Morgan fingerprint density at radius 1 is 1.05 bits per heavy atom. The molecule has 0 bridgehead atoms. The highest BCUT2D eigenvalue weighted by Gasteiger charge is 2.32. The summed E-state index contributed by atoms with van der Waals surface area (Å²) in [5, 5.41) is 3.34. The number of rotatable bonds is 2. The van der Waals surface area contributed by atoms with E-state index in [0.717, 1.165) is 18.9 Å². The number of hydrogen-bond donors (Lipinski definition) is 1. The van der Waals surface area contributed by atoms with Gasteiger partial charge in [0, 0.05) is 11.8 Å². The molecule has 0 saturated heterocycles. The van der Waals surface area contributed by atoms with E-state index in [2.05, 4.69) is 37.4 Å². The van der Waals surface area contributed by atoms with Crippen LogP contribution in [0.2, 0.25) is 0 Å². The zero-order valence-electron chi connectivity index (χ0n) is 12.3. The van der Waals surface area contributed by atoms with Crippen molar-refractivity contribution in [2.24, 2.45) is 0 Å². The Kier molecular flexibility index (Phi) is 3.44. The van der Waals surface area contributed by atoms with E-state index in [9.17, 15) is 8.78 Å². The molecule has 1 atom stereocenters. The van der Waals surface area contributed by atoms with Crippen LogP contribution in [0.15, 0.2) is 42.5 Å². The maximum Gasteiger partial charge on any atom is 0.160 e. The molecule has 0 saturated carbocycles. The lowest BCUT2D eigenvalue weighted by Crippen LogP contribution is -2.29. The number of halogens is 2. The number of hydrogen-bond acceptors (Lipinski definition) is 1. The highest BCUT2D eigenvalue weighted by atomic mass is 19.2. The van der Waals surface area contributed by atoms with Crippen LogP contribution in [0.4, 0.5) is 14.5 Å². The second-order valence-corrected chi connectivity index (χ2v) is 6.34. The van der Waals surface area contributed by atoms with Gasteiger partial charge in [-0.3, -0.25) is 0 Å². The molecule has 3 heteroatoms. The van der Waals surface area contributed by atoms with Gasteiger partial charge in [-0.05, 0) is 41.5 Å². The summed E-state index contributed by atoms with van der Waals surface area (Å²) >= 11 is 0. The molecule has 2 aromatic carbocycles. The van der Waals surface area contributed by atoms with Gasteiger partial charge in [0.1, 0.15) is 0 Å². The van der Waals surface area contributed by atoms with E-state index in [1.165, 1.54) is 17.2 Å². The molecule has 0 heterocycles. The molecular weight excluding hydrogens is 268 g/mol. The molecule has 0 spiro atoms. The largest absolute Gasteiger partial charge is 0.378 e. The van der Waals surface area contributed by atoms with Gasteiger partial charge in [-0.1, -0.05) is 38.1 Å². The summed E-state index contributed by atoms with van der Waals surface area (Å²) < 4.78 is 26.4. The summed E-state index contributed by atoms with van der Waals surface area (Å²) in [6, 6.07) is 12.5. The first-order valence-electron chi connectivity index (χ1n) is 7.28. The molecule has 3 rings (SSSR count). The molecule has 21 heavy (non-hydrogen) atoms. The molecular formula is C18H19F2N. The minimum absolute atomic E-state index is 0.138. The van der Waals surface area contributed by atoms with Gasteiger partial charge < -0.3 is 5.32 Å². The van der Waals surface area contributed by atoms with Crippen molar-refractivity contribution in [1.82, 2.24) is 0 Å². The molecule has 1 N–H and O–H groups in total. The quantitative estimate of drug-likeness (QED) is 0.801. The molecule has 1 nitrogen and oxygen atoms in total. The third-order valence-corrected chi connectivity index (χ3v) is 4.38. The van der Waals surface area contributed by atoms with Gasteiger partial charge in [0.15, 0.2) is 11.6 Å². The van der Waals surface area contributed by atoms with E-state index < -0.39 is 11.6 Å². The van der Waals surface area contributed by atoms with Crippen molar-refractivity contribution in [3.05, 3.63) is 65.2 Å². The molecule has 1 aliphatic carbocycles. The minimum Gasteiger partial charge on any atom is -0.378 e. The first kappa shape index (κ1) is 14.1. The van der Waals surface area contributed by atoms with Crippen LogP contribution >= 0.6 is 0 Å². The first-order valence-corrected chi connectivity index (χ1v) is 7.28. The Bertz CT molecular complexity index is 664. The van der Waals surface area contributed by atoms with Crippen LogP contribution in [0.1, 0.15) is 43.9 Å². The third-order valence-electron chi connectivity index (χ3n) is 4.38. The topological polar surface area (TPSA) is 12.0 Å². The fourth-order valence-electron chi connectivity index (χ4n) is 3.15. The van der Waals surface area contributed by atoms with Gasteiger partial charge in [0.05, 0.1) is 6.04 Å². The number of anilines is 1. The summed E-state index contributed by atoms with van der Waals surface area (Å²) in [7, 11) is 0. The standard InChI is InChI=1S/C18H19F2N/c1-18(2)10-9-17(13-5-3-4-6-14(13)18)21-12-7-8-15(19)16(20)11-12/h3-8,11,17,21H,9-10H2,1-2H3. The molecule has 0 aromatic heterocycles. The Morgan fingerprint density at radius 2 is 1.81 bits per heavy atom. The van der Waals surface area contributed by atoms with Gasteiger partial charge in [0.2, 0.25) is 0 Å². The van der Waals surface area contributed by atoms with E-state index in [4.69, 9.17) is 0 Å². The normalized spacial score (nSPS) is 19.9. The number of benzene rings is 2. The van der Waals surface area contributed by atoms with Crippen LogP contribution in [0.25, 0.3) is 0 Å². The maximum atomic E-state index is 13.3. The average molecular weight is 287 g/mol. The van der Waals surface area contributed by atoms with Crippen LogP contribution < -0.4 is 5.32 Å². The van der Waals surface area contributed by atoms with Crippen LogP contribution in [0.3, 0.4) is 0 Å². The fraction of sp³-hybridized carbons (Fsp3) is 0.333. The van der Waals surface area contributed by atoms with E-state index in [1.54, 1.807) is 6.07 Å². The first-order chi connectivity index (χ1) is 9.97. The fourth-order valence-corrected chi connectivity index (χ4v) is 3.15. The predicted octanol–water partition coefficient (Wildman–Crippen LogP) is 5.19. The third kappa shape index (κ3) is 2.65. The van der Waals surface area contributed by atoms with Crippen molar-refractivity contribution in [1.29, 1.82) is 0 Å². The molecule has 1 aliphatic rings. The van der Waals surface area contributed by atoms with Crippen molar-refractivity contribution in [3.8, 4) is 0 Å². The summed E-state index contributed by atoms with van der Waals surface area (Å²) in [5.74, 6) is -1.63. The highest BCUT2D eigenvalue weighted by molar-refractivity contribution is 5.49. The van der Waals surface area contributed by atoms with Crippen LogP contribution in [-0.2, 0) is 5.41 Å². The Labute approximate surface area is 124 Å². The van der Waals surface area contributed by atoms with Crippen molar-refractivity contribution in [2.45, 2.75) is 38.1 Å². The second kappa shape index (κ2) is 5.14. The molecule has 2 aromatic rings. The Balaban J connectivity index is 1.92. The second-order valence-electron chi connectivity index (χ2n) is 6.34.